The smallest absolute Gasteiger partial charge is 0.413 e. The number of rotatable bonds is 12. The van der Waals surface area contributed by atoms with Crippen molar-refractivity contribution >= 4 is 28.9 Å². The number of unbranched alkanes of at least 4 members (excludes halogenated alkanes) is 1. The van der Waals surface area contributed by atoms with Crippen LogP contribution in [0.25, 0.3) is 11.0 Å². The third kappa shape index (κ3) is 6.69. The zero-order valence-corrected chi connectivity index (χ0v) is 22.2. The summed E-state index contributed by atoms with van der Waals surface area (Å²) in [5.41, 5.74) is 3.51. The van der Waals surface area contributed by atoms with Gasteiger partial charge >= 0.3 is 6.09 Å². The van der Waals surface area contributed by atoms with Crippen LogP contribution in [0.4, 0.5) is 16.6 Å². The highest BCUT2D eigenvalue weighted by molar-refractivity contribution is 5.91. The van der Waals surface area contributed by atoms with E-state index in [1.54, 1.807) is 11.8 Å². The van der Waals surface area contributed by atoms with Crippen LogP contribution in [-0.4, -0.2) is 71.0 Å². The Morgan fingerprint density at radius 2 is 2.05 bits per heavy atom. The van der Waals surface area contributed by atoms with Crippen LogP contribution in [0.3, 0.4) is 0 Å². The Kier molecular flexibility index (Phi) is 9.68. The highest BCUT2D eigenvalue weighted by Crippen LogP contribution is 2.29. The van der Waals surface area contributed by atoms with Crippen molar-refractivity contribution < 1.29 is 24.1 Å². The number of carbonyl (C=O) groups is 1. The van der Waals surface area contributed by atoms with E-state index < -0.39 is 6.09 Å². The fraction of sp³-hybridized carbons (Fsp3) is 0.538. The van der Waals surface area contributed by atoms with Crippen LogP contribution in [0.15, 0.2) is 18.2 Å². The molecule has 206 valence electrons. The summed E-state index contributed by atoms with van der Waals surface area (Å²) in [6.45, 7) is 5.18. The van der Waals surface area contributed by atoms with Gasteiger partial charge in [-0.15, -0.1) is 0 Å². The van der Waals surface area contributed by atoms with Crippen molar-refractivity contribution in [3.63, 3.8) is 0 Å². The minimum Gasteiger partial charge on any atom is -0.496 e. The summed E-state index contributed by atoms with van der Waals surface area (Å²) in [5.74, 6) is 1.32. The van der Waals surface area contributed by atoms with Crippen LogP contribution in [0.1, 0.15) is 49.4 Å². The van der Waals surface area contributed by atoms with Gasteiger partial charge in [-0.05, 0) is 30.9 Å². The Bertz CT molecular complexity index is 1230. The van der Waals surface area contributed by atoms with Gasteiger partial charge in [0.25, 0.3) is 0 Å². The van der Waals surface area contributed by atoms with Crippen molar-refractivity contribution in [2.75, 3.05) is 44.6 Å². The number of methoxy groups -OCH3 is 2. The first-order valence-corrected chi connectivity index (χ1v) is 13.0. The van der Waals surface area contributed by atoms with Crippen LogP contribution in [0, 0.1) is 0 Å². The summed E-state index contributed by atoms with van der Waals surface area (Å²) in [5, 5.41) is 24.1. The van der Waals surface area contributed by atoms with Gasteiger partial charge in [0, 0.05) is 37.9 Å². The van der Waals surface area contributed by atoms with Crippen LogP contribution in [0.5, 0.6) is 5.75 Å². The number of benzene rings is 1. The van der Waals surface area contributed by atoms with Gasteiger partial charge in [0.05, 0.1) is 27.4 Å². The average molecular weight is 528 g/mol. The van der Waals surface area contributed by atoms with E-state index in [1.807, 2.05) is 12.1 Å². The molecule has 1 aliphatic rings. The Morgan fingerprint density at radius 1 is 1.24 bits per heavy atom. The summed E-state index contributed by atoms with van der Waals surface area (Å²) >= 11 is 0. The molecule has 0 saturated carbocycles. The molecule has 12 nitrogen and oxygen atoms in total. The van der Waals surface area contributed by atoms with E-state index in [4.69, 9.17) is 9.47 Å². The molecule has 38 heavy (non-hydrogen) atoms. The number of nitrogens with zero attached hydrogens (tertiary/aromatic N) is 4. The normalized spacial score (nSPS) is 14.0. The summed E-state index contributed by atoms with van der Waals surface area (Å²) < 4.78 is 17.6. The summed E-state index contributed by atoms with van der Waals surface area (Å²) in [6, 6.07) is 6.61. The first-order valence-electron chi connectivity index (χ1n) is 13.0. The molecular formula is C26H37N7O5. The molecule has 0 radical (unpaired) electrons. The first kappa shape index (κ1) is 27.6. The van der Waals surface area contributed by atoms with Crippen molar-refractivity contribution in [3.05, 3.63) is 35.0 Å². The lowest BCUT2D eigenvalue weighted by atomic mass is 10.1. The fourth-order valence-electron chi connectivity index (χ4n) is 4.42. The number of carbonyl (C=O) groups excluding carboxylic acids is 1. The maximum absolute atomic E-state index is 11.8. The lowest BCUT2D eigenvalue weighted by Crippen LogP contribution is -2.34. The minimum atomic E-state index is -0.682. The molecule has 4 N–H and O–H groups in total. The quantitative estimate of drug-likeness (QED) is 0.259. The number of nitrogens with one attached hydrogen (secondary N) is 3. The molecule has 0 bridgehead atoms. The van der Waals surface area contributed by atoms with Gasteiger partial charge in [0.2, 0.25) is 5.95 Å². The Morgan fingerprint density at radius 3 is 2.76 bits per heavy atom. The molecule has 1 amide bonds. The molecule has 1 aromatic carbocycles. The van der Waals surface area contributed by atoms with Gasteiger partial charge in [-0.2, -0.15) is 10.1 Å². The SMILES string of the molecule is CCCCNc1nc(NC(=O)OC)nc2c(CO)nn(Cc3ccc(CNC4CCOCC4)cc3OC)c12. The predicted molar refractivity (Wildman–Crippen MR) is 143 cm³/mol. The second-order valence-electron chi connectivity index (χ2n) is 9.17. The molecule has 3 aromatic rings. The average Bonchev–Trinajstić information content (AvgIpc) is 3.30. The molecule has 1 aliphatic heterocycles. The van der Waals surface area contributed by atoms with Gasteiger partial charge < -0.3 is 30.0 Å². The van der Waals surface area contributed by atoms with E-state index in [1.165, 1.54) is 7.11 Å². The maximum atomic E-state index is 11.8. The largest absolute Gasteiger partial charge is 0.496 e. The minimum absolute atomic E-state index is 0.0663. The zero-order valence-electron chi connectivity index (χ0n) is 22.2. The number of hydrogen-bond donors (Lipinski definition) is 4. The van der Waals surface area contributed by atoms with Gasteiger partial charge in [-0.1, -0.05) is 25.5 Å². The van der Waals surface area contributed by atoms with Crippen molar-refractivity contribution in [1.29, 1.82) is 0 Å². The summed E-state index contributed by atoms with van der Waals surface area (Å²) in [4.78, 5) is 20.8. The van der Waals surface area contributed by atoms with E-state index in [-0.39, 0.29) is 12.6 Å². The Labute approximate surface area is 222 Å². The molecule has 2 aromatic heterocycles. The van der Waals surface area contributed by atoms with E-state index in [9.17, 15) is 9.90 Å². The van der Waals surface area contributed by atoms with E-state index >= 15 is 0 Å². The molecule has 0 atom stereocenters. The predicted octanol–water partition coefficient (Wildman–Crippen LogP) is 3.03. The molecule has 1 saturated heterocycles. The Hall–Kier alpha value is -3.48. The number of anilines is 2. The molecule has 4 rings (SSSR count). The summed E-state index contributed by atoms with van der Waals surface area (Å²) in [6.07, 6.45) is 3.29. The molecule has 12 heteroatoms. The second kappa shape index (κ2) is 13.4. The number of aliphatic hydroxyl groups excluding tert-OH is 1. The number of fused-ring (bicyclic) bond motifs is 1. The van der Waals surface area contributed by atoms with E-state index in [0.717, 1.165) is 62.3 Å². The van der Waals surface area contributed by atoms with Crippen molar-refractivity contribution in [3.8, 4) is 5.75 Å². The third-order valence-electron chi connectivity index (χ3n) is 6.52. The lowest BCUT2D eigenvalue weighted by Gasteiger charge is -2.23. The lowest BCUT2D eigenvalue weighted by molar-refractivity contribution is 0.0776. The molecule has 0 spiro atoms. The topological polar surface area (TPSA) is 145 Å². The van der Waals surface area contributed by atoms with Gasteiger partial charge in [-0.25, -0.2) is 9.78 Å². The van der Waals surface area contributed by atoms with E-state index in [0.29, 0.717) is 41.7 Å². The number of aromatic nitrogens is 4. The highest BCUT2D eigenvalue weighted by atomic mass is 16.5. The molecule has 0 unspecified atom stereocenters. The first-order chi connectivity index (χ1) is 18.6. The fourth-order valence-corrected chi connectivity index (χ4v) is 4.42. The standard InChI is InChI=1S/C26H37N7O5/c1-4-5-10-27-24-23-22(29-25(30-24)31-26(35)37-3)20(16-34)32-33(23)15-18-7-6-17(13-21(18)36-2)14-28-19-8-11-38-12-9-19/h6-7,13,19,28,34H,4-5,8-12,14-16H2,1-3H3,(H2,27,29,30,31,35). The number of aliphatic hydroxyl groups is 1. The number of hydrogen-bond acceptors (Lipinski definition) is 10. The maximum Gasteiger partial charge on any atom is 0.413 e. The van der Waals surface area contributed by atoms with E-state index in [2.05, 4.69) is 48.7 Å². The Balaban J connectivity index is 1.63. The van der Waals surface area contributed by atoms with Crippen molar-refractivity contribution in [1.82, 2.24) is 25.1 Å². The third-order valence-corrected chi connectivity index (χ3v) is 6.52. The van der Waals surface area contributed by atoms with Gasteiger partial charge in [0.15, 0.2) is 5.82 Å². The molecule has 1 fully saturated rings. The van der Waals surface area contributed by atoms with Crippen LogP contribution in [0.2, 0.25) is 0 Å². The second-order valence-corrected chi connectivity index (χ2v) is 9.17. The van der Waals surface area contributed by atoms with Crippen molar-refractivity contribution in [2.45, 2.75) is 58.3 Å². The zero-order chi connectivity index (χ0) is 26.9. The van der Waals surface area contributed by atoms with Crippen molar-refractivity contribution in [2.24, 2.45) is 0 Å². The summed E-state index contributed by atoms with van der Waals surface area (Å²) in [7, 11) is 2.92. The molecule has 3 heterocycles. The molecule has 0 aliphatic carbocycles. The van der Waals surface area contributed by atoms with Crippen LogP contribution in [-0.2, 0) is 29.2 Å². The molecular weight excluding hydrogens is 490 g/mol. The van der Waals surface area contributed by atoms with Crippen LogP contribution >= 0.6 is 0 Å². The highest BCUT2D eigenvalue weighted by Gasteiger charge is 2.21. The number of ether oxygens (including phenoxy) is 3. The monoisotopic (exact) mass is 527 g/mol. The number of amides is 1. The van der Waals surface area contributed by atoms with Gasteiger partial charge in [-0.3, -0.25) is 10.00 Å². The van der Waals surface area contributed by atoms with Crippen LogP contribution < -0.4 is 20.7 Å². The van der Waals surface area contributed by atoms with Gasteiger partial charge in [0.1, 0.15) is 22.5 Å².